The Hall–Kier alpha value is -1.33. The van der Waals surface area contributed by atoms with Gasteiger partial charge in [-0.05, 0) is 37.5 Å². The molecule has 0 aliphatic heterocycles. The largest absolute Gasteiger partial charge is 0.393 e. The predicted molar refractivity (Wildman–Crippen MR) is 73.9 cm³/mol. The van der Waals surface area contributed by atoms with Crippen molar-refractivity contribution in [2.24, 2.45) is 5.92 Å². The zero-order valence-electron chi connectivity index (χ0n) is 10.9. The zero-order valence-corrected chi connectivity index (χ0v) is 11.7. The van der Waals surface area contributed by atoms with Gasteiger partial charge in [0.05, 0.1) is 11.8 Å². The van der Waals surface area contributed by atoms with E-state index >= 15 is 0 Å². The Morgan fingerprint density at radius 3 is 2.79 bits per heavy atom. The lowest BCUT2D eigenvalue weighted by molar-refractivity contribution is 0.163. The van der Waals surface area contributed by atoms with Crippen LogP contribution in [-0.2, 0) is 0 Å². The van der Waals surface area contributed by atoms with Crippen LogP contribution in [0.25, 0.3) is 0 Å². The van der Waals surface area contributed by atoms with Gasteiger partial charge in [-0.25, -0.2) is 9.18 Å². The first kappa shape index (κ1) is 15.7. The first-order valence-electron chi connectivity index (χ1n) is 6.06. The van der Waals surface area contributed by atoms with Gasteiger partial charge in [-0.3, -0.25) is 0 Å². The molecule has 1 aromatic carbocycles. The second-order valence-corrected chi connectivity index (χ2v) is 5.09. The van der Waals surface area contributed by atoms with E-state index in [9.17, 15) is 14.3 Å². The number of urea groups is 1. The van der Waals surface area contributed by atoms with Crippen LogP contribution in [0.3, 0.4) is 0 Å². The topological polar surface area (TPSA) is 61.4 Å². The SMILES string of the molecule is CC(O)CC(C)CNC(=O)Nc1cc(Cl)ccc1F. The molecular formula is C13H18ClFN2O2. The van der Waals surface area contributed by atoms with Gasteiger partial charge in [-0.2, -0.15) is 0 Å². The lowest BCUT2D eigenvalue weighted by Crippen LogP contribution is -2.33. The van der Waals surface area contributed by atoms with Crippen molar-refractivity contribution in [2.75, 3.05) is 11.9 Å². The van der Waals surface area contributed by atoms with Gasteiger partial charge in [0.25, 0.3) is 0 Å². The molecule has 0 saturated heterocycles. The van der Waals surface area contributed by atoms with E-state index in [0.29, 0.717) is 18.0 Å². The van der Waals surface area contributed by atoms with Crippen molar-refractivity contribution in [1.29, 1.82) is 0 Å². The summed E-state index contributed by atoms with van der Waals surface area (Å²) in [5, 5.41) is 14.5. The summed E-state index contributed by atoms with van der Waals surface area (Å²) in [7, 11) is 0. The Morgan fingerprint density at radius 1 is 1.47 bits per heavy atom. The van der Waals surface area contributed by atoms with Crippen LogP contribution in [-0.4, -0.2) is 23.8 Å². The zero-order chi connectivity index (χ0) is 14.4. The fourth-order valence-corrected chi connectivity index (χ4v) is 1.86. The summed E-state index contributed by atoms with van der Waals surface area (Å²) in [5.41, 5.74) is 0.0354. The Labute approximate surface area is 117 Å². The number of nitrogens with one attached hydrogen (secondary N) is 2. The molecule has 2 atom stereocenters. The number of anilines is 1. The highest BCUT2D eigenvalue weighted by atomic mass is 35.5. The van der Waals surface area contributed by atoms with Crippen molar-refractivity contribution in [2.45, 2.75) is 26.4 Å². The number of carbonyl (C=O) groups is 1. The van der Waals surface area contributed by atoms with Crippen molar-refractivity contribution in [3.63, 3.8) is 0 Å². The molecule has 0 aromatic heterocycles. The Balaban J connectivity index is 2.45. The van der Waals surface area contributed by atoms with Gasteiger partial charge in [-0.1, -0.05) is 18.5 Å². The second-order valence-electron chi connectivity index (χ2n) is 4.65. The van der Waals surface area contributed by atoms with E-state index in [0.717, 1.165) is 0 Å². The van der Waals surface area contributed by atoms with Crippen molar-refractivity contribution in [3.05, 3.63) is 29.0 Å². The lowest BCUT2D eigenvalue weighted by Gasteiger charge is -2.14. The third-order valence-electron chi connectivity index (χ3n) is 2.53. The monoisotopic (exact) mass is 288 g/mol. The van der Waals surface area contributed by atoms with Crippen LogP contribution >= 0.6 is 11.6 Å². The van der Waals surface area contributed by atoms with E-state index in [1.54, 1.807) is 6.92 Å². The molecule has 0 bridgehead atoms. The van der Waals surface area contributed by atoms with E-state index in [1.807, 2.05) is 6.92 Å². The molecule has 1 aromatic rings. The van der Waals surface area contributed by atoms with Gasteiger partial charge in [0.2, 0.25) is 0 Å². The molecule has 2 amide bonds. The van der Waals surface area contributed by atoms with E-state index in [2.05, 4.69) is 10.6 Å². The van der Waals surface area contributed by atoms with Crippen molar-refractivity contribution < 1.29 is 14.3 Å². The molecule has 0 spiro atoms. The molecule has 0 heterocycles. The van der Waals surface area contributed by atoms with Crippen LogP contribution in [0.5, 0.6) is 0 Å². The van der Waals surface area contributed by atoms with Gasteiger partial charge in [0.15, 0.2) is 0 Å². The molecule has 3 N–H and O–H groups in total. The normalized spacial score (nSPS) is 13.7. The lowest BCUT2D eigenvalue weighted by atomic mass is 10.1. The molecule has 0 aliphatic carbocycles. The quantitative estimate of drug-likeness (QED) is 0.780. The number of aliphatic hydroxyl groups excluding tert-OH is 1. The standard InChI is InChI=1S/C13H18ClFN2O2/c1-8(5-9(2)18)7-16-13(19)17-12-6-10(14)3-4-11(12)15/h3-4,6,8-9,18H,5,7H2,1-2H3,(H2,16,17,19). The number of carbonyl (C=O) groups excluding carboxylic acids is 1. The fourth-order valence-electron chi connectivity index (χ4n) is 1.69. The minimum absolute atomic E-state index is 0.0354. The molecule has 6 heteroatoms. The van der Waals surface area contributed by atoms with E-state index in [-0.39, 0.29) is 11.6 Å². The van der Waals surface area contributed by atoms with Gasteiger partial charge in [0, 0.05) is 11.6 Å². The minimum atomic E-state index is -0.545. The molecule has 2 unspecified atom stereocenters. The summed E-state index contributed by atoms with van der Waals surface area (Å²) < 4.78 is 13.4. The fraction of sp³-hybridized carbons (Fsp3) is 0.462. The number of halogens is 2. The molecule has 106 valence electrons. The molecule has 0 aliphatic rings. The first-order chi connectivity index (χ1) is 8.88. The van der Waals surface area contributed by atoms with Crippen LogP contribution < -0.4 is 10.6 Å². The Bertz CT molecular complexity index is 441. The third-order valence-corrected chi connectivity index (χ3v) is 2.77. The van der Waals surface area contributed by atoms with Gasteiger partial charge in [-0.15, -0.1) is 0 Å². The Kier molecular flexibility index (Phi) is 6.05. The minimum Gasteiger partial charge on any atom is -0.393 e. The van der Waals surface area contributed by atoms with Crippen LogP contribution in [0, 0.1) is 11.7 Å². The van der Waals surface area contributed by atoms with E-state index in [4.69, 9.17) is 11.6 Å². The van der Waals surface area contributed by atoms with Gasteiger partial charge >= 0.3 is 6.03 Å². The summed E-state index contributed by atoms with van der Waals surface area (Å²) in [6.45, 7) is 4.00. The maximum atomic E-state index is 13.4. The third kappa shape index (κ3) is 5.89. The van der Waals surface area contributed by atoms with Crippen LogP contribution in [0.4, 0.5) is 14.9 Å². The summed E-state index contributed by atoms with van der Waals surface area (Å²) >= 11 is 5.72. The first-order valence-corrected chi connectivity index (χ1v) is 6.44. The second kappa shape index (κ2) is 7.31. The Morgan fingerprint density at radius 2 is 2.16 bits per heavy atom. The number of rotatable bonds is 5. The molecule has 0 saturated carbocycles. The van der Waals surface area contributed by atoms with E-state index < -0.39 is 18.0 Å². The van der Waals surface area contributed by atoms with Crippen molar-refractivity contribution >= 4 is 23.3 Å². The number of benzene rings is 1. The van der Waals surface area contributed by atoms with Crippen molar-refractivity contribution in [1.82, 2.24) is 5.32 Å². The van der Waals surface area contributed by atoms with Crippen molar-refractivity contribution in [3.8, 4) is 0 Å². The predicted octanol–water partition coefficient (Wildman–Crippen LogP) is 3.01. The molecule has 0 radical (unpaired) electrons. The average molecular weight is 289 g/mol. The van der Waals surface area contributed by atoms with Gasteiger partial charge < -0.3 is 15.7 Å². The summed E-state index contributed by atoms with van der Waals surface area (Å²) in [6.07, 6.45) is 0.177. The molecule has 1 rings (SSSR count). The average Bonchev–Trinajstić information content (AvgIpc) is 2.30. The van der Waals surface area contributed by atoms with E-state index in [1.165, 1.54) is 18.2 Å². The highest BCUT2D eigenvalue weighted by molar-refractivity contribution is 6.30. The molecular weight excluding hydrogens is 271 g/mol. The maximum absolute atomic E-state index is 13.4. The summed E-state index contributed by atoms with van der Waals surface area (Å²) in [4.78, 5) is 11.6. The number of hydrogen-bond acceptors (Lipinski definition) is 2. The molecule has 0 fully saturated rings. The van der Waals surface area contributed by atoms with Crippen LogP contribution in [0.2, 0.25) is 5.02 Å². The maximum Gasteiger partial charge on any atom is 0.319 e. The summed E-state index contributed by atoms with van der Waals surface area (Å²) in [6, 6.07) is 3.44. The highest BCUT2D eigenvalue weighted by Crippen LogP contribution is 2.19. The summed E-state index contributed by atoms with van der Waals surface area (Å²) in [5.74, 6) is -0.411. The highest BCUT2D eigenvalue weighted by Gasteiger charge is 2.10. The van der Waals surface area contributed by atoms with Crippen LogP contribution in [0.1, 0.15) is 20.3 Å². The number of hydrogen-bond donors (Lipinski definition) is 3. The smallest absolute Gasteiger partial charge is 0.319 e. The number of aliphatic hydroxyl groups is 1. The molecule has 4 nitrogen and oxygen atoms in total. The van der Waals surface area contributed by atoms with Crippen LogP contribution in [0.15, 0.2) is 18.2 Å². The molecule has 19 heavy (non-hydrogen) atoms. The van der Waals surface area contributed by atoms with Gasteiger partial charge in [0.1, 0.15) is 5.82 Å². The number of amides is 2.